The lowest BCUT2D eigenvalue weighted by atomic mass is 9.94. The molecule has 144 valence electrons. The van der Waals surface area contributed by atoms with Crippen molar-refractivity contribution in [3.63, 3.8) is 0 Å². The van der Waals surface area contributed by atoms with Crippen molar-refractivity contribution in [1.29, 1.82) is 0 Å². The van der Waals surface area contributed by atoms with Crippen LogP contribution in [-0.4, -0.2) is 12.0 Å². The van der Waals surface area contributed by atoms with Crippen molar-refractivity contribution in [3.8, 4) is 5.75 Å². The molecule has 1 N–H and O–H groups in total. The minimum absolute atomic E-state index is 0.153. The van der Waals surface area contributed by atoms with Gasteiger partial charge in [0.1, 0.15) is 5.75 Å². The molecule has 28 heavy (non-hydrogen) atoms. The number of rotatable bonds is 7. The summed E-state index contributed by atoms with van der Waals surface area (Å²) in [5.74, 6) is 0.432. The van der Waals surface area contributed by atoms with Gasteiger partial charge in [0.2, 0.25) is 0 Å². The standard InChI is InChI=1S/C24H24ClNO2/c1-3-22(28-20-14-9-13-19(25)16-20)24(27)26-23(18-11-5-4-6-12-18)21-15-8-7-10-17(21)2/h4-16,22-23H,3H2,1-2H3,(H,26,27)/t22-,23+/m0/s1. The molecule has 3 aromatic carbocycles. The van der Waals surface area contributed by atoms with Crippen LogP contribution in [0, 0.1) is 6.92 Å². The molecule has 3 aromatic rings. The summed E-state index contributed by atoms with van der Waals surface area (Å²) in [4.78, 5) is 13.1. The van der Waals surface area contributed by atoms with E-state index in [1.807, 2.05) is 61.5 Å². The lowest BCUT2D eigenvalue weighted by molar-refractivity contribution is -0.128. The third-order valence-electron chi connectivity index (χ3n) is 4.66. The number of amides is 1. The average Bonchev–Trinajstić information content (AvgIpc) is 2.71. The minimum Gasteiger partial charge on any atom is -0.481 e. The summed E-state index contributed by atoms with van der Waals surface area (Å²) in [5, 5.41) is 3.76. The smallest absolute Gasteiger partial charge is 0.261 e. The zero-order valence-electron chi connectivity index (χ0n) is 16.1. The summed E-state index contributed by atoms with van der Waals surface area (Å²) in [6, 6.07) is 24.9. The van der Waals surface area contributed by atoms with Crippen LogP contribution in [-0.2, 0) is 4.79 Å². The van der Waals surface area contributed by atoms with Gasteiger partial charge in [-0.2, -0.15) is 0 Å². The van der Waals surface area contributed by atoms with Gasteiger partial charge in [-0.25, -0.2) is 0 Å². The summed E-state index contributed by atoms with van der Waals surface area (Å²) in [6.07, 6.45) is -0.0538. The molecule has 0 saturated carbocycles. The summed E-state index contributed by atoms with van der Waals surface area (Å²) >= 11 is 6.03. The topological polar surface area (TPSA) is 38.3 Å². The SMILES string of the molecule is CC[C@H](Oc1cccc(Cl)c1)C(=O)N[C@H](c1ccccc1)c1ccccc1C. The third-order valence-corrected chi connectivity index (χ3v) is 4.89. The average molecular weight is 394 g/mol. The Balaban J connectivity index is 1.85. The Labute approximate surface area is 171 Å². The lowest BCUT2D eigenvalue weighted by Crippen LogP contribution is -2.40. The number of benzene rings is 3. The molecule has 0 aliphatic heterocycles. The van der Waals surface area contributed by atoms with Crippen LogP contribution in [0.1, 0.15) is 36.1 Å². The fraction of sp³-hybridized carbons (Fsp3) is 0.208. The van der Waals surface area contributed by atoms with Crippen molar-refractivity contribution >= 4 is 17.5 Å². The van der Waals surface area contributed by atoms with Gasteiger partial charge in [0.25, 0.3) is 5.91 Å². The van der Waals surface area contributed by atoms with Crippen LogP contribution >= 0.6 is 11.6 Å². The van der Waals surface area contributed by atoms with E-state index >= 15 is 0 Å². The first-order chi connectivity index (χ1) is 13.6. The van der Waals surface area contributed by atoms with Gasteiger partial charge in [-0.3, -0.25) is 4.79 Å². The molecule has 0 bridgehead atoms. The van der Waals surface area contributed by atoms with E-state index in [0.29, 0.717) is 17.2 Å². The molecule has 0 unspecified atom stereocenters. The highest BCUT2D eigenvalue weighted by atomic mass is 35.5. The van der Waals surface area contributed by atoms with Gasteiger partial charge in [-0.05, 0) is 48.2 Å². The third kappa shape index (κ3) is 4.93. The van der Waals surface area contributed by atoms with E-state index in [4.69, 9.17) is 16.3 Å². The number of carbonyl (C=O) groups is 1. The molecule has 0 spiro atoms. The van der Waals surface area contributed by atoms with E-state index in [1.54, 1.807) is 18.2 Å². The van der Waals surface area contributed by atoms with Gasteiger partial charge in [0.05, 0.1) is 6.04 Å². The van der Waals surface area contributed by atoms with Gasteiger partial charge < -0.3 is 10.1 Å². The maximum Gasteiger partial charge on any atom is 0.261 e. The molecule has 3 nitrogen and oxygen atoms in total. The van der Waals surface area contributed by atoms with Crippen molar-refractivity contribution in [2.75, 3.05) is 0 Å². The van der Waals surface area contributed by atoms with Gasteiger partial charge in [-0.1, -0.05) is 79.2 Å². The number of aryl methyl sites for hydroxylation is 1. The Morgan fingerprint density at radius 1 is 1.00 bits per heavy atom. The fourth-order valence-corrected chi connectivity index (χ4v) is 3.34. The maximum atomic E-state index is 13.1. The molecule has 0 aliphatic carbocycles. The minimum atomic E-state index is -0.603. The van der Waals surface area contributed by atoms with E-state index in [2.05, 4.69) is 18.3 Å². The number of carbonyl (C=O) groups excluding carboxylic acids is 1. The van der Waals surface area contributed by atoms with Crippen LogP contribution in [0.15, 0.2) is 78.9 Å². The Hall–Kier alpha value is -2.78. The monoisotopic (exact) mass is 393 g/mol. The first-order valence-corrected chi connectivity index (χ1v) is 9.79. The van der Waals surface area contributed by atoms with Crippen molar-refractivity contribution in [2.24, 2.45) is 0 Å². The highest BCUT2D eigenvalue weighted by Gasteiger charge is 2.24. The summed E-state index contributed by atoms with van der Waals surface area (Å²) in [5.41, 5.74) is 3.22. The maximum absolute atomic E-state index is 13.1. The molecule has 0 radical (unpaired) electrons. The zero-order valence-corrected chi connectivity index (χ0v) is 16.8. The summed E-state index contributed by atoms with van der Waals surface area (Å²) in [6.45, 7) is 3.98. The highest BCUT2D eigenvalue weighted by molar-refractivity contribution is 6.30. The Morgan fingerprint density at radius 3 is 2.39 bits per heavy atom. The van der Waals surface area contributed by atoms with Crippen molar-refractivity contribution < 1.29 is 9.53 Å². The molecule has 2 atom stereocenters. The summed E-state index contributed by atoms with van der Waals surface area (Å²) in [7, 11) is 0. The normalized spacial score (nSPS) is 12.8. The second-order valence-electron chi connectivity index (χ2n) is 6.68. The Bertz CT molecular complexity index is 927. The van der Waals surface area contributed by atoms with Crippen molar-refractivity contribution in [3.05, 3.63) is 101 Å². The fourth-order valence-electron chi connectivity index (χ4n) is 3.16. The predicted octanol–water partition coefficient (Wildman–Crippen LogP) is 5.71. The van der Waals surface area contributed by atoms with Gasteiger partial charge in [-0.15, -0.1) is 0 Å². The summed E-state index contributed by atoms with van der Waals surface area (Å²) < 4.78 is 5.91. The molecule has 0 heterocycles. The lowest BCUT2D eigenvalue weighted by Gasteiger charge is -2.25. The van der Waals surface area contributed by atoms with Crippen LogP contribution in [0.2, 0.25) is 5.02 Å². The predicted molar refractivity (Wildman–Crippen MR) is 114 cm³/mol. The molecule has 0 fully saturated rings. The molecular weight excluding hydrogens is 370 g/mol. The largest absolute Gasteiger partial charge is 0.481 e. The molecular formula is C24H24ClNO2. The van der Waals surface area contributed by atoms with Crippen LogP contribution < -0.4 is 10.1 Å². The van der Waals surface area contributed by atoms with E-state index in [9.17, 15) is 4.79 Å². The quantitative estimate of drug-likeness (QED) is 0.558. The number of hydrogen-bond donors (Lipinski definition) is 1. The van der Waals surface area contributed by atoms with Crippen LogP contribution in [0.3, 0.4) is 0 Å². The van der Waals surface area contributed by atoms with Crippen molar-refractivity contribution in [1.82, 2.24) is 5.32 Å². The van der Waals surface area contributed by atoms with Crippen LogP contribution in [0.5, 0.6) is 5.75 Å². The zero-order chi connectivity index (χ0) is 19.9. The second-order valence-corrected chi connectivity index (χ2v) is 7.12. The second kappa shape index (κ2) is 9.43. The molecule has 0 aliphatic rings. The molecule has 3 rings (SSSR count). The Morgan fingerprint density at radius 2 is 1.71 bits per heavy atom. The van der Waals surface area contributed by atoms with E-state index in [-0.39, 0.29) is 11.9 Å². The molecule has 0 aromatic heterocycles. The van der Waals surface area contributed by atoms with Gasteiger partial charge in [0.15, 0.2) is 6.10 Å². The molecule has 0 saturated heterocycles. The number of halogens is 1. The first-order valence-electron chi connectivity index (χ1n) is 9.41. The highest BCUT2D eigenvalue weighted by Crippen LogP contribution is 2.26. The van der Waals surface area contributed by atoms with Crippen LogP contribution in [0.4, 0.5) is 0 Å². The van der Waals surface area contributed by atoms with Gasteiger partial charge >= 0.3 is 0 Å². The van der Waals surface area contributed by atoms with Crippen molar-refractivity contribution in [2.45, 2.75) is 32.4 Å². The van der Waals surface area contributed by atoms with Gasteiger partial charge in [0, 0.05) is 5.02 Å². The number of hydrogen-bond acceptors (Lipinski definition) is 2. The van der Waals surface area contributed by atoms with Crippen LogP contribution in [0.25, 0.3) is 0 Å². The first kappa shape index (κ1) is 20.0. The number of ether oxygens (including phenoxy) is 1. The van der Waals surface area contributed by atoms with E-state index in [0.717, 1.165) is 16.7 Å². The molecule has 4 heteroatoms. The van der Waals surface area contributed by atoms with E-state index < -0.39 is 6.10 Å². The molecule has 1 amide bonds. The van der Waals surface area contributed by atoms with E-state index in [1.165, 1.54) is 0 Å². The Kier molecular flexibility index (Phi) is 6.72. The number of nitrogens with one attached hydrogen (secondary N) is 1.